The Balaban J connectivity index is 2.01. The Morgan fingerprint density at radius 1 is 1.17 bits per heavy atom. The second-order valence-electron chi connectivity index (χ2n) is 4.77. The van der Waals surface area contributed by atoms with E-state index >= 15 is 0 Å². The summed E-state index contributed by atoms with van der Waals surface area (Å²) in [6, 6.07) is 0. The van der Waals surface area contributed by atoms with Gasteiger partial charge < -0.3 is 0 Å². The zero-order chi connectivity index (χ0) is 9.03. The number of hydrogen-bond donors (Lipinski definition) is 0. The smallest absolute Gasteiger partial charge is 0.0295 e. The van der Waals surface area contributed by atoms with Crippen molar-refractivity contribution >= 4 is 0 Å². The molecule has 72 valence electrons. The summed E-state index contributed by atoms with van der Waals surface area (Å²) < 4.78 is 0. The van der Waals surface area contributed by atoms with Crippen LogP contribution in [0.3, 0.4) is 0 Å². The van der Waals surface area contributed by atoms with Gasteiger partial charge in [0.25, 0.3) is 0 Å². The van der Waals surface area contributed by atoms with Gasteiger partial charge in [0, 0.05) is 0 Å². The fourth-order valence-electron chi connectivity index (χ4n) is 2.40. The Labute approximate surface area is 77.7 Å². The number of unbranched alkanes of at least 4 members (excludes halogenated alkanes) is 3. The van der Waals surface area contributed by atoms with Crippen LogP contribution in [0.4, 0.5) is 0 Å². The molecule has 0 aromatic carbocycles. The predicted octanol–water partition coefficient (Wildman–Crippen LogP) is 4.39. The molecule has 1 aliphatic rings. The van der Waals surface area contributed by atoms with Gasteiger partial charge in [0.2, 0.25) is 0 Å². The van der Waals surface area contributed by atoms with E-state index in [9.17, 15) is 0 Å². The van der Waals surface area contributed by atoms with Crippen molar-refractivity contribution < 1.29 is 0 Å². The normalized spacial score (nSPS) is 33.8. The summed E-state index contributed by atoms with van der Waals surface area (Å²) in [5, 5.41) is 0. The molecule has 1 aliphatic carbocycles. The van der Waals surface area contributed by atoms with E-state index in [0.29, 0.717) is 0 Å². The molecule has 12 heavy (non-hydrogen) atoms. The fraction of sp³-hybridized carbons (Fsp3) is 1.00. The average Bonchev–Trinajstić information content (AvgIpc) is 2.72. The standard InChI is InChI=1S/C12H24/c1-4-6-7-8-9-12(3)10-11(12)5-2/h11H,4-10H2,1-3H3. The summed E-state index contributed by atoms with van der Waals surface area (Å²) in [6.45, 7) is 7.10. The van der Waals surface area contributed by atoms with Gasteiger partial charge in [-0.3, -0.25) is 0 Å². The van der Waals surface area contributed by atoms with Crippen molar-refractivity contribution in [2.75, 3.05) is 0 Å². The van der Waals surface area contributed by atoms with E-state index in [1.807, 2.05) is 0 Å². The van der Waals surface area contributed by atoms with E-state index in [-0.39, 0.29) is 0 Å². The van der Waals surface area contributed by atoms with Gasteiger partial charge in [0.1, 0.15) is 0 Å². The topological polar surface area (TPSA) is 0 Å². The Morgan fingerprint density at radius 3 is 2.42 bits per heavy atom. The van der Waals surface area contributed by atoms with Crippen molar-refractivity contribution in [3.63, 3.8) is 0 Å². The largest absolute Gasteiger partial charge is 0.0654 e. The molecule has 0 N–H and O–H groups in total. The number of hydrogen-bond acceptors (Lipinski definition) is 0. The van der Waals surface area contributed by atoms with Gasteiger partial charge in [0.15, 0.2) is 0 Å². The highest BCUT2D eigenvalue weighted by Crippen LogP contribution is 2.57. The van der Waals surface area contributed by atoms with Crippen molar-refractivity contribution in [1.29, 1.82) is 0 Å². The Kier molecular flexibility index (Phi) is 3.61. The quantitative estimate of drug-likeness (QED) is 0.516. The van der Waals surface area contributed by atoms with Gasteiger partial charge in [0.05, 0.1) is 0 Å². The Morgan fingerprint density at radius 2 is 1.92 bits per heavy atom. The molecule has 1 saturated carbocycles. The van der Waals surface area contributed by atoms with E-state index in [4.69, 9.17) is 0 Å². The molecule has 1 fully saturated rings. The van der Waals surface area contributed by atoms with Gasteiger partial charge >= 0.3 is 0 Å². The Bertz CT molecular complexity index is 128. The van der Waals surface area contributed by atoms with Crippen LogP contribution in [-0.2, 0) is 0 Å². The van der Waals surface area contributed by atoms with Crippen molar-refractivity contribution in [2.45, 2.75) is 65.7 Å². The zero-order valence-corrected chi connectivity index (χ0v) is 9.03. The van der Waals surface area contributed by atoms with E-state index in [0.717, 1.165) is 11.3 Å². The zero-order valence-electron chi connectivity index (χ0n) is 9.03. The average molecular weight is 168 g/mol. The molecule has 0 heteroatoms. The molecule has 0 aliphatic heterocycles. The summed E-state index contributed by atoms with van der Waals surface area (Å²) in [5.74, 6) is 1.07. The predicted molar refractivity (Wildman–Crippen MR) is 55.3 cm³/mol. The highest BCUT2D eigenvalue weighted by atomic mass is 14.5. The molecule has 0 saturated heterocycles. The van der Waals surface area contributed by atoms with Crippen LogP contribution in [0.1, 0.15) is 65.7 Å². The molecule has 0 aromatic heterocycles. The molecular weight excluding hydrogens is 144 g/mol. The van der Waals surface area contributed by atoms with Crippen molar-refractivity contribution in [2.24, 2.45) is 11.3 Å². The monoisotopic (exact) mass is 168 g/mol. The molecular formula is C12H24. The first-order valence-corrected chi connectivity index (χ1v) is 5.73. The third-order valence-electron chi connectivity index (χ3n) is 3.63. The van der Waals surface area contributed by atoms with Crippen molar-refractivity contribution in [1.82, 2.24) is 0 Å². The molecule has 1 rings (SSSR count). The third-order valence-corrected chi connectivity index (χ3v) is 3.63. The SMILES string of the molecule is CCCCCCC1(C)CC1CC. The minimum Gasteiger partial charge on any atom is -0.0654 e. The summed E-state index contributed by atoms with van der Waals surface area (Å²) in [4.78, 5) is 0. The summed E-state index contributed by atoms with van der Waals surface area (Å²) in [7, 11) is 0. The summed E-state index contributed by atoms with van der Waals surface area (Å²) in [5.41, 5.74) is 0.766. The van der Waals surface area contributed by atoms with Crippen molar-refractivity contribution in [3.05, 3.63) is 0 Å². The summed E-state index contributed by atoms with van der Waals surface area (Å²) >= 11 is 0. The van der Waals surface area contributed by atoms with Crippen LogP contribution in [0.25, 0.3) is 0 Å². The first-order valence-electron chi connectivity index (χ1n) is 5.73. The highest BCUT2D eigenvalue weighted by molar-refractivity contribution is 4.97. The van der Waals surface area contributed by atoms with Crippen LogP contribution in [0.2, 0.25) is 0 Å². The molecule has 0 spiro atoms. The molecule has 0 heterocycles. The van der Waals surface area contributed by atoms with Crippen LogP contribution in [0, 0.1) is 11.3 Å². The van der Waals surface area contributed by atoms with Gasteiger partial charge in [-0.1, -0.05) is 52.9 Å². The van der Waals surface area contributed by atoms with Crippen LogP contribution >= 0.6 is 0 Å². The van der Waals surface area contributed by atoms with Crippen molar-refractivity contribution in [3.8, 4) is 0 Å². The van der Waals surface area contributed by atoms with Gasteiger partial charge in [-0.05, 0) is 24.2 Å². The van der Waals surface area contributed by atoms with Gasteiger partial charge in [-0.25, -0.2) is 0 Å². The highest BCUT2D eigenvalue weighted by Gasteiger charge is 2.47. The van der Waals surface area contributed by atoms with E-state index < -0.39 is 0 Å². The lowest BCUT2D eigenvalue weighted by atomic mass is 9.97. The second-order valence-corrected chi connectivity index (χ2v) is 4.77. The minimum atomic E-state index is 0.766. The number of rotatable bonds is 6. The lowest BCUT2D eigenvalue weighted by Gasteiger charge is -2.09. The molecule has 0 bridgehead atoms. The lowest BCUT2D eigenvalue weighted by Crippen LogP contribution is -1.97. The fourth-order valence-corrected chi connectivity index (χ4v) is 2.40. The maximum Gasteiger partial charge on any atom is -0.0295 e. The third kappa shape index (κ3) is 2.50. The molecule has 0 aromatic rings. The molecule has 0 nitrogen and oxygen atoms in total. The molecule has 0 amide bonds. The Hall–Kier alpha value is 0. The second kappa shape index (κ2) is 4.30. The van der Waals surface area contributed by atoms with Gasteiger partial charge in [-0.15, -0.1) is 0 Å². The van der Waals surface area contributed by atoms with E-state index in [2.05, 4.69) is 20.8 Å². The minimum absolute atomic E-state index is 0.766. The summed E-state index contributed by atoms with van der Waals surface area (Å²) in [6.07, 6.45) is 10.1. The molecule has 2 unspecified atom stereocenters. The van der Waals surface area contributed by atoms with Crippen LogP contribution < -0.4 is 0 Å². The molecule has 0 radical (unpaired) electrons. The van der Waals surface area contributed by atoms with E-state index in [1.54, 1.807) is 0 Å². The molecule has 2 atom stereocenters. The van der Waals surface area contributed by atoms with E-state index in [1.165, 1.54) is 44.9 Å². The maximum atomic E-state index is 2.48. The first-order chi connectivity index (χ1) is 5.73. The lowest BCUT2D eigenvalue weighted by molar-refractivity contribution is 0.427. The first kappa shape index (κ1) is 10.1. The van der Waals surface area contributed by atoms with Gasteiger partial charge in [-0.2, -0.15) is 0 Å². The maximum absolute atomic E-state index is 2.48. The van der Waals surface area contributed by atoms with Crippen LogP contribution in [0.15, 0.2) is 0 Å². The van der Waals surface area contributed by atoms with Crippen LogP contribution in [0.5, 0.6) is 0 Å². The van der Waals surface area contributed by atoms with Crippen LogP contribution in [-0.4, -0.2) is 0 Å².